The summed E-state index contributed by atoms with van der Waals surface area (Å²) in [5.41, 5.74) is 3.20. The van der Waals surface area contributed by atoms with E-state index in [1.54, 1.807) is 12.1 Å². The number of halogens is 1. The van der Waals surface area contributed by atoms with Crippen LogP contribution in [0.3, 0.4) is 0 Å². The first kappa shape index (κ1) is 12.2. The maximum Gasteiger partial charge on any atom is 0.123 e. The molecule has 3 rings (SSSR count). The number of benzene rings is 1. The van der Waals surface area contributed by atoms with Crippen LogP contribution in [0.1, 0.15) is 51.3 Å². The van der Waals surface area contributed by atoms with Crippen molar-refractivity contribution >= 4 is 0 Å². The average molecular weight is 247 g/mol. The van der Waals surface area contributed by atoms with Crippen molar-refractivity contribution in [1.82, 2.24) is 5.32 Å². The van der Waals surface area contributed by atoms with Crippen molar-refractivity contribution in [2.24, 2.45) is 10.8 Å². The van der Waals surface area contributed by atoms with Gasteiger partial charge in [0.2, 0.25) is 0 Å². The molecule has 2 heteroatoms. The fraction of sp³-hybridized carbons (Fsp3) is 0.625. The molecule has 0 amide bonds. The summed E-state index contributed by atoms with van der Waals surface area (Å²) in [6.07, 6.45) is 2.10. The van der Waals surface area contributed by atoms with Crippen molar-refractivity contribution in [1.29, 1.82) is 0 Å². The summed E-state index contributed by atoms with van der Waals surface area (Å²) < 4.78 is 13.2. The van der Waals surface area contributed by atoms with Crippen molar-refractivity contribution in [3.05, 3.63) is 35.1 Å². The highest BCUT2D eigenvalue weighted by Crippen LogP contribution is 2.63. The third-order valence-electron chi connectivity index (χ3n) is 5.57. The van der Waals surface area contributed by atoms with Gasteiger partial charge in [-0.05, 0) is 46.9 Å². The third kappa shape index (κ3) is 1.55. The number of rotatable bonds is 2. The van der Waals surface area contributed by atoms with E-state index < -0.39 is 0 Å². The Bertz CT molecular complexity index is 476. The number of nitrogens with one attached hydrogen (secondary N) is 1. The van der Waals surface area contributed by atoms with Crippen molar-refractivity contribution in [3.8, 4) is 0 Å². The molecule has 0 spiro atoms. The highest BCUT2D eigenvalue weighted by atomic mass is 19.1. The predicted octanol–water partition coefficient (Wildman–Crippen LogP) is 3.84. The van der Waals surface area contributed by atoms with Crippen LogP contribution in [0.15, 0.2) is 18.2 Å². The lowest BCUT2D eigenvalue weighted by atomic mass is 10.0. The molecule has 1 atom stereocenters. The van der Waals surface area contributed by atoms with Crippen LogP contribution in [0.25, 0.3) is 0 Å². The van der Waals surface area contributed by atoms with Gasteiger partial charge in [0.1, 0.15) is 5.82 Å². The molecular formula is C16H22FN. The zero-order valence-electron chi connectivity index (χ0n) is 11.7. The van der Waals surface area contributed by atoms with E-state index in [1.807, 2.05) is 6.07 Å². The molecule has 0 saturated heterocycles. The summed E-state index contributed by atoms with van der Waals surface area (Å²) in [5, 5.41) is 3.79. The van der Waals surface area contributed by atoms with E-state index in [0.29, 0.717) is 22.9 Å². The molecule has 0 radical (unpaired) electrons. The van der Waals surface area contributed by atoms with Crippen molar-refractivity contribution in [3.63, 3.8) is 0 Å². The van der Waals surface area contributed by atoms with Crippen LogP contribution in [0.2, 0.25) is 0 Å². The molecular weight excluding hydrogens is 225 g/mol. The van der Waals surface area contributed by atoms with Gasteiger partial charge in [-0.25, -0.2) is 4.39 Å². The Hall–Kier alpha value is -0.890. The van der Waals surface area contributed by atoms with E-state index >= 15 is 0 Å². The van der Waals surface area contributed by atoms with Gasteiger partial charge >= 0.3 is 0 Å². The summed E-state index contributed by atoms with van der Waals surface area (Å²) in [6, 6.07) is 6.21. The summed E-state index contributed by atoms with van der Waals surface area (Å²) in [6.45, 7) is 9.30. The molecule has 1 fully saturated rings. The fourth-order valence-corrected chi connectivity index (χ4v) is 3.57. The van der Waals surface area contributed by atoms with Crippen molar-refractivity contribution in [2.75, 3.05) is 0 Å². The van der Waals surface area contributed by atoms with E-state index in [9.17, 15) is 4.39 Å². The molecule has 1 aromatic carbocycles. The first-order valence-corrected chi connectivity index (χ1v) is 6.88. The minimum Gasteiger partial charge on any atom is -0.306 e. The quantitative estimate of drug-likeness (QED) is 0.837. The van der Waals surface area contributed by atoms with E-state index in [0.717, 1.165) is 12.8 Å². The number of fused-ring (bicyclic) bond motifs is 1. The Morgan fingerprint density at radius 2 is 1.83 bits per heavy atom. The maximum absolute atomic E-state index is 13.2. The van der Waals surface area contributed by atoms with Gasteiger partial charge in [-0.1, -0.05) is 33.8 Å². The van der Waals surface area contributed by atoms with E-state index in [2.05, 4.69) is 33.0 Å². The molecule has 2 aliphatic carbocycles. The summed E-state index contributed by atoms with van der Waals surface area (Å²) in [5.74, 6) is -0.110. The molecule has 1 N–H and O–H groups in total. The van der Waals surface area contributed by atoms with Crippen LogP contribution in [-0.2, 0) is 6.42 Å². The van der Waals surface area contributed by atoms with Crippen molar-refractivity contribution < 1.29 is 4.39 Å². The largest absolute Gasteiger partial charge is 0.306 e. The maximum atomic E-state index is 13.2. The lowest BCUT2D eigenvalue weighted by Gasteiger charge is -2.16. The number of aryl methyl sites for hydroxylation is 1. The molecule has 2 aliphatic rings. The Labute approximate surface area is 109 Å². The van der Waals surface area contributed by atoms with E-state index in [1.165, 1.54) is 11.1 Å². The lowest BCUT2D eigenvalue weighted by molar-refractivity contribution is 0.457. The molecule has 0 heterocycles. The van der Waals surface area contributed by atoms with Gasteiger partial charge in [0.05, 0.1) is 0 Å². The van der Waals surface area contributed by atoms with E-state index in [4.69, 9.17) is 0 Å². The summed E-state index contributed by atoms with van der Waals surface area (Å²) in [4.78, 5) is 0. The third-order valence-corrected chi connectivity index (χ3v) is 5.57. The zero-order valence-corrected chi connectivity index (χ0v) is 11.7. The molecule has 1 unspecified atom stereocenters. The molecule has 0 aliphatic heterocycles. The van der Waals surface area contributed by atoms with Crippen LogP contribution in [0, 0.1) is 16.6 Å². The van der Waals surface area contributed by atoms with Gasteiger partial charge in [0.15, 0.2) is 0 Å². The van der Waals surface area contributed by atoms with Gasteiger partial charge in [-0.15, -0.1) is 0 Å². The number of hydrogen-bond donors (Lipinski definition) is 1. The van der Waals surface area contributed by atoms with Gasteiger partial charge in [-0.2, -0.15) is 0 Å². The van der Waals surface area contributed by atoms with Crippen LogP contribution in [0.5, 0.6) is 0 Å². The second-order valence-electron chi connectivity index (χ2n) is 6.98. The smallest absolute Gasteiger partial charge is 0.123 e. The van der Waals surface area contributed by atoms with Gasteiger partial charge in [0.25, 0.3) is 0 Å². The van der Waals surface area contributed by atoms with Crippen molar-refractivity contribution in [2.45, 2.75) is 52.6 Å². The molecule has 0 bridgehead atoms. The monoisotopic (exact) mass is 247 g/mol. The Morgan fingerprint density at radius 1 is 1.17 bits per heavy atom. The second kappa shape index (κ2) is 3.57. The van der Waals surface area contributed by atoms with E-state index in [-0.39, 0.29) is 5.82 Å². The Kier molecular flexibility index (Phi) is 2.41. The normalized spacial score (nSPS) is 28.2. The molecule has 18 heavy (non-hydrogen) atoms. The van der Waals surface area contributed by atoms with Crippen LogP contribution >= 0.6 is 0 Å². The van der Waals surface area contributed by atoms with Crippen LogP contribution in [0.4, 0.5) is 4.39 Å². The molecule has 1 saturated carbocycles. The molecule has 1 aromatic rings. The minimum absolute atomic E-state index is 0.110. The van der Waals surface area contributed by atoms with Gasteiger partial charge < -0.3 is 5.32 Å². The zero-order chi connectivity index (χ0) is 13.1. The highest BCUT2D eigenvalue weighted by Gasteiger charge is 2.65. The second-order valence-corrected chi connectivity index (χ2v) is 6.98. The fourth-order valence-electron chi connectivity index (χ4n) is 3.57. The molecule has 1 nitrogen and oxygen atoms in total. The average Bonchev–Trinajstić information content (AvgIpc) is 2.64. The molecule has 98 valence electrons. The minimum atomic E-state index is -0.110. The Morgan fingerprint density at radius 3 is 2.44 bits per heavy atom. The summed E-state index contributed by atoms with van der Waals surface area (Å²) in [7, 11) is 0. The number of hydrogen-bond acceptors (Lipinski definition) is 1. The SMILES string of the molecule is CC1(C)C(NC2CCc3cc(F)ccc32)C1(C)C. The van der Waals surface area contributed by atoms with Gasteiger partial charge in [-0.3, -0.25) is 0 Å². The predicted molar refractivity (Wildman–Crippen MR) is 71.9 cm³/mol. The Balaban J connectivity index is 1.79. The van der Waals surface area contributed by atoms with Crippen LogP contribution < -0.4 is 5.32 Å². The van der Waals surface area contributed by atoms with Crippen LogP contribution in [-0.4, -0.2) is 6.04 Å². The molecule has 0 aromatic heterocycles. The topological polar surface area (TPSA) is 12.0 Å². The lowest BCUT2D eigenvalue weighted by Crippen LogP contribution is -2.26. The summed E-state index contributed by atoms with van der Waals surface area (Å²) >= 11 is 0. The standard InChI is InChI=1S/C16H22FN/c1-15(2)14(16(15,3)4)18-13-8-5-10-9-11(17)6-7-12(10)13/h6-7,9,13-14,18H,5,8H2,1-4H3. The highest BCUT2D eigenvalue weighted by molar-refractivity contribution is 5.36. The first-order chi connectivity index (χ1) is 8.34. The van der Waals surface area contributed by atoms with Gasteiger partial charge in [0, 0.05) is 12.1 Å². The first-order valence-electron chi connectivity index (χ1n) is 6.88.